The van der Waals surface area contributed by atoms with E-state index in [1.54, 1.807) is 6.20 Å². The van der Waals surface area contributed by atoms with E-state index in [0.29, 0.717) is 18.3 Å². The van der Waals surface area contributed by atoms with E-state index >= 15 is 0 Å². The molecule has 2 aromatic rings. The third-order valence-electron chi connectivity index (χ3n) is 4.17. The summed E-state index contributed by atoms with van der Waals surface area (Å²) in [5.74, 6) is 1.07. The summed E-state index contributed by atoms with van der Waals surface area (Å²) in [6.07, 6.45) is 4.17. The first-order chi connectivity index (χ1) is 11.7. The minimum atomic E-state index is 0. The predicted molar refractivity (Wildman–Crippen MR) is 115 cm³/mol. The maximum Gasteiger partial charge on any atom is 0.194 e. The van der Waals surface area contributed by atoms with Gasteiger partial charge in [0.1, 0.15) is 5.82 Å². The summed E-state index contributed by atoms with van der Waals surface area (Å²) < 4.78 is 0. The molecule has 134 valence electrons. The van der Waals surface area contributed by atoms with E-state index in [9.17, 15) is 0 Å². The Morgan fingerprint density at radius 1 is 1.24 bits per heavy atom. The average molecular weight is 472 g/mol. The number of pyridine rings is 1. The van der Waals surface area contributed by atoms with Crippen molar-refractivity contribution in [3.63, 3.8) is 0 Å². The Labute approximate surface area is 170 Å². The van der Waals surface area contributed by atoms with Gasteiger partial charge in [0, 0.05) is 11.2 Å². The van der Waals surface area contributed by atoms with Gasteiger partial charge in [0.05, 0.1) is 12.6 Å². The Kier molecular flexibility index (Phi) is 7.92. The molecule has 0 bridgehead atoms. The van der Waals surface area contributed by atoms with Crippen LogP contribution in [-0.4, -0.2) is 35.5 Å². The number of likely N-dealkylation sites (tertiary alicyclic amines) is 1. The fourth-order valence-corrected chi connectivity index (χ4v) is 3.19. The number of hydrogen-bond acceptors (Lipinski definition) is 3. The number of nitrogens with zero attached hydrogens (tertiary/aromatic N) is 3. The summed E-state index contributed by atoms with van der Waals surface area (Å²) in [6.45, 7) is 2.76. The molecule has 0 saturated carbocycles. The molecular weight excluding hydrogens is 449 g/mol. The first-order valence-corrected chi connectivity index (χ1v) is 8.57. The smallest absolute Gasteiger partial charge is 0.194 e. The van der Waals surface area contributed by atoms with Crippen LogP contribution in [0.3, 0.4) is 0 Å². The van der Waals surface area contributed by atoms with Crippen LogP contribution in [0.5, 0.6) is 0 Å². The molecule has 3 N–H and O–H groups in total. The second kappa shape index (κ2) is 9.94. The van der Waals surface area contributed by atoms with Crippen molar-refractivity contribution in [3.05, 3.63) is 59.2 Å². The number of rotatable bonds is 5. The summed E-state index contributed by atoms with van der Waals surface area (Å²) in [6, 6.07) is 13.8. The molecule has 3 rings (SSSR count). The van der Waals surface area contributed by atoms with Crippen LogP contribution in [0.2, 0.25) is 5.02 Å². The van der Waals surface area contributed by atoms with Crippen LogP contribution >= 0.6 is 35.6 Å². The van der Waals surface area contributed by atoms with Gasteiger partial charge in [-0.1, -0.05) is 29.8 Å². The lowest BCUT2D eigenvalue weighted by molar-refractivity contribution is 0.252. The van der Waals surface area contributed by atoms with Gasteiger partial charge in [0.15, 0.2) is 5.96 Å². The molecule has 2 heterocycles. The van der Waals surface area contributed by atoms with Crippen LogP contribution in [0.15, 0.2) is 53.7 Å². The van der Waals surface area contributed by atoms with Crippen molar-refractivity contribution >= 4 is 47.4 Å². The van der Waals surface area contributed by atoms with Crippen molar-refractivity contribution in [2.24, 2.45) is 10.7 Å². The number of anilines is 1. The van der Waals surface area contributed by atoms with Crippen molar-refractivity contribution in [2.45, 2.75) is 18.9 Å². The molecular formula is C18H23ClIN5. The highest BCUT2D eigenvalue weighted by molar-refractivity contribution is 14.0. The Balaban J connectivity index is 0.00000225. The van der Waals surface area contributed by atoms with Gasteiger partial charge >= 0.3 is 0 Å². The van der Waals surface area contributed by atoms with Gasteiger partial charge < -0.3 is 11.1 Å². The average Bonchev–Trinajstić information content (AvgIpc) is 3.10. The van der Waals surface area contributed by atoms with Gasteiger partial charge in [-0.15, -0.1) is 24.0 Å². The summed E-state index contributed by atoms with van der Waals surface area (Å²) in [7, 11) is 0. The van der Waals surface area contributed by atoms with Gasteiger partial charge in [-0.05, 0) is 55.8 Å². The fraction of sp³-hybridized carbons (Fsp3) is 0.333. The standard InChI is InChI=1S/C18H22ClN5.HI/c19-15-7-5-6-14(12-15)16(24-10-3-4-11-24)13-22-18(20)23-17-8-1-2-9-21-17;/h1-2,5-9,12,16H,3-4,10-11,13H2,(H3,20,21,22,23);1H. The Hall–Kier alpha value is -1.38. The van der Waals surface area contributed by atoms with Crippen LogP contribution in [-0.2, 0) is 0 Å². The largest absolute Gasteiger partial charge is 0.370 e. The van der Waals surface area contributed by atoms with E-state index in [0.717, 1.165) is 18.1 Å². The van der Waals surface area contributed by atoms with Crippen LogP contribution in [0.4, 0.5) is 5.82 Å². The minimum Gasteiger partial charge on any atom is -0.370 e. The first kappa shape index (κ1) is 19.9. The molecule has 1 aromatic carbocycles. The highest BCUT2D eigenvalue weighted by Crippen LogP contribution is 2.27. The Morgan fingerprint density at radius 3 is 2.72 bits per heavy atom. The lowest BCUT2D eigenvalue weighted by atomic mass is 10.1. The zero-order valence-electron chi connectivity index (χ0n) is 13.9. The normalized spacial score (nSPS) is 16.3. The van der Waals surface area contributed by atoms with Crippen molar-refractivity contribution in [1.82, 2.24) is 9.88 Å². The zero-order valence-corrected chi connectivity index (χ0v) is 17.0. The number of nitrogens with one attached hydrogen (secondary N) is 1. The lowest BCUT2D eigenvalue weighted by Crippen LogP contribution is -2.30. The van der Waals surface area contributed by atoms with Gasteiger partial charge in [-0.25, -0.2) is 4.98 Å². The summed E-state index contributed by atoms with van der Waals surface area (Å²) in [5.41, 5.74) is 7.19. The Morgan fingerprint density at radius 2 is 2.04 bits per heavy atom. The van der Waals surface area contributed by atoms with E-state index in [1.807, 2.05) is 36.4 Å². The SMILES string of the molecule is I.NC(=NCC(c1cccc(Cl)c1)N1CCCC1)Nc1ccccn1. The van der Waals surface area contributed by atoms with Gasteiger partial charge in [0.2, 0.25) is 0 Å². The van der Waals surface area contributed by atoms with Gasteiger partial charge in [-0.3, -0.25) is 9.89 Å². The van der Waals surface area contributed by atoms with Crippen LogP contribution in [0.1, 0.15) is 24.4 Å². The number of aliphatic imine (C=N–C) groups is 1. The highest BCUT2D eigenvalue weighted by Gasteiger charge is 2.23. The summed E-state index contributed by atoms with van der Waals surface area (Å²) >= 11 is 6.17. The van der Waals surface area contributed by atoms with Crippen molar-refractivity contribution in [2.75, 3.05) is 25.0 Å². The number of guanidine groups is 1. The first-order valence-electron chi connectivity index (χ1n) is 8.20. The van der Waals surface area contributed by atoms with E-state index in [1.165, 1.54) is 18.4 Å². The number of halogens is 2. The third-order valence-corrected chi connectivity index (χ3v) is 4.41. The van der Waals surface area contributed by atoms with Gasteiger partial charge in [0.25, 0.3) is 0 Å². The quantitative estimate of drug-likeness (QED) is 0.394. The second-order valence-electron chi connectivity index (χ2n) is 5.88. The van der Waals surface area contributed by atoms with E-state index < -0.39 is 0 Å². The molecule has 1 aliphatic rings. The topological polar surface area (TPSA) is 66.5 Å². The molecule has 1 atom stereocenters. The van der Waals surface area contributed by atoms with E-state index in [-0.39, 0.29) is 30.0 Å². The molecule has 5 nitrogen and oxygen atoms in total. The zero-order chi connectivity index (χ0) is 16.8. The van der Waals surface area contributed by atoms with Crippen molar-refractivity contribution < 1.29 is 0 Å². The number of aromatic nitrogens is 1. The second-order valence-corrected chi connectivity index (χ2v) is 6.32. The Bertz CT molecular complexity index is 689. The molecule has 0 amide bonds. The highest BCUT2D eigenvalue weighted by atomic mass is 127. The number of benzene rings is 1. The number of nitrogens with two attached hydrogens (primary N) is 1. The maximum absolute atomic E-state index is 6.17. The van der Waals surface area contributed by atoms with Gasteiger partial charge in [-0.2, -0.15) is 0 Å². The molecule has 1 aliphatic heterocycles. The van der Waals surface area contributed by atoms with Crippen LogP contribution in [0, 0.1) is 0 Å². The molecule has 0 radical (unpaired) electrons. The minimum absolute atomic E-state index is 0. The summed E-state index contributed by atoms with van der Waals surface area (Å²) in [5, 5.41) is 3.77. The molecule has 0 aliphatic carbocycles. The molecule has 25 heavy (non-hydrogen) atoms. The number of hydrogen-bond donors (Lipinski definition) is 2. The van der Waals surface area contributed by atoms with Crippen molar-refractivity contribution in [3.8, 4) is 0 Å². The fourth-order valence-electron chi connectivity index (χ4n) is 2.99. The summed E-state index contributed by atoms with van der Waals surface area (Å²) in [4.78, 5) is 11.2. The predicted octanol–water partition coefficient (Wildman–Crippen LogP) is 3.92. The molecule has 1 unspecified atom stereocenters. The molecule has 7 heteroatoms. The lowest BCUT2D eigenvalue weighted by Gasteiger charge is -2.26. The van der Waals surface area contributed by atoms with Crippen molar-refractivity contribution in [1.29, 1.82) is 0 Å². The monoisotopic (exact) mass is 471 g/mol. The van der Waals surface area contributed by atoms with E-state index in [4.69, 9.17) is 17.3 Å². The molecule has 1 fully saturated rings. The maximum atomic E-state index is 6.17. The third kappa shape index (κ3) is 5.83. The van der Waals surface area contributed by atoms with Crippen LogP contribution in [0.25, 0.3) is 0 Å². The molecule has 1 saturated heterocycles. The molecule has 1 aromatic heterocycles. The molecule has 0 spiro atoms. The van der Waals surface area contributed by atoms with Crippen LogP contribution < -0.4 is 11.1 Å². The van der Waals surface area contributed by atoms with E-state index in [2.05, 4.69) is 26.3 Å².